The highest BCUT2D eigenvalue weighted by Crippen LogP contribution is 2.26. The van der Waals surface area contributed by atoms with Crippen LogP contribution in [0.3, 0.4) is 0 Å². The number of amides is 1. The van der Waals surface area contributed by atoms with Gasteiger partial charge in [0.1, 0.15) is 0 Å². The van der Waals surface area contributed by atoms with Crippen LogP contribution < -0.4 is 0 Å². The molecular weight excluding hydrogens is 246 g/mol. The molecule has 1 aromatic rings. The Morgan fingerprint density at radius 3 is 2.56 bits per heavy atom. The largest absolute Gasteiger partial charge is 0.386 e. The highest BCUT2D eigenvalue weighted by atomic mass is 32.2. The smallest absolute Gasteiger partial charge is 0.233 e. The lowest BCUT2D eigenvalue weighted by atomic mass is 9.91. The van der Waals surface area contributed by atoms with E-state index in [4.69, 9.17) is 0 Å². The van der Waals surface area contributed by atoms with Crippen LogP contribution in [0.2, 0.25) is 0 Å². The SMILES string of the molecule is CCC1(O)CN(C(=O)CSc2ccc(C)cc2)C1. The number of β-amino-alcohol motifs (C(OH)–C–C–N with tert-alkyl or cyclic N) is 1. The van der Waals surface area contributed by atoms with Crippen molar-refractivity contribution in [3.8, 4) is 0 Å². The molecule has 0 radical (unpaired) electrons. The summed E-state index contributed by atoms with van der Waals surface area (Å²) in [7, 11) is 0. The van der Waals surface area contributed by atoms with Crippen LogP contribution >= 0.6 is 11.8 Å². The quantitative estimate of drug-likeness (QED) is 0.847. The molecule has 4 heteroatoms. The van der Waals surface area contributed by atoms with Crippen LogP contribution in [-0.2, 0) is 4.79 Å². The zero-order chi connectivity index (χ0) is 13.2. The predicted molar refractivity (Wildman–Crippen MR) is 73.7 cm³/mol. The van der Waals surface area contributed by atoms with Gasteiger partial charge < -0.3 is 10.0 Å². The number of likely N-dealkylation sites (tertiary alicyclic amines) is 1. The van der Waals surface area contributed by atoms with Crippen LogP contribution in [0.25, 0.3) is 0 Å². The minimum atomic E-state index is -0.635. The molecular formula is C14H19NO2S. The Morgan fingerprint density at radius 1 is 1.39 bits per heavy atom. The molecule has 2 rings (SSSR count). The number of rotatable bonds is 4. The average molecular weight is 265 g/mol. The summed E-state index contributed by atoms with van der Waals surface area (Å²) in [6, 6.07) is 8.16. The molecule has 1 fully saturated rings. The molecule has 0 saturated carbocycles. The molecule has 1 heterocycles. The Kier molecular flexibility index (Phi) is 3.97. The first kappa shape index (κ1) is 13.4. The van der Waals surface area contributed by atoms with E-state index in [9.17, 15) is 9.90 Å². The minimum Gasteiger partial charge on any atom is -0.386 e. The number of carbonyl (C=O) groups excluding carboxylic acids is 1. The summed E-state index contributed by atoms with van der Waals surface area (Å²) >= 11 is 1.55. The fourth-order valence-corrected chi connectivity index (χ4v) is 2.74. The minimum absolute atomic E-state index is 0.110. The van der Waals surface area contributed by atoms with E-state index in [0.29, 0.717) is 25.3 Å². The summed E-state index contributed by atoms with van der Waals surface area (Å²) in [5.41, 5.74) is 0.589. The van der Waals surface area contributed by atoms with Gasteiger partial charge in [0.15, 0.2) is 0 Å². The molecule has 0 bridgehead atoms. The Bertz CT molecular complexity index is 424. The van der Waals surface area contributed by atoms with Crippen molar-refractivity contribution in [2.45, 2.75) is 30.8 Å². The number of aryl methyl sites for hydroxylation is 1. The zero-order valence-corrected chi connectivity index (χ0v) is 11.7. The maximum Gasteiger partial charge on any atom is 0.233 e. The van der Waals surface area contributed by atoms with Crippen molar-refractivity contribution in [1.82, 2.24) is 4.90 Å². The van der Waals surface area contributed by atoms with Gasteiger partial charge in [0.2, 0.25) is 5.91 Å². The lowest BCUT2D eigenvalue weighted by molar-refractivity contribution is -0.152. The Labute approximate surface area is 112 Å². The molecule has 1 saturated heterocycles. The van der Waals surface area contributed by atoms with Crippen molar-refractivity contribution >= 4 is 17.7 Å². The molecule has 18 heavy (non-hydrogen) atoms. The third-order valence-electron chi connectivity index (χ3n) is 3.36. The number of nitrogens with zero attached hydrogens (tertiary/aromatic N) is 1. The number of hydrogen-bond acceptors (Lipinski definition) is 3. The van der Waals surface area contributed by atoms with Crippen LogP contribution in [-0.4, -0.2) is 40.4 Å². The van der Waals surface area contributed by atoms with Crippen LogP contribution in [0.5, 0.6) is 0 Å². The molecule has 1 amide bonds. The van der Waals surface area contributed by atoms with Gasteiger partial charge in [0.25, 0.3) is 0 Å². The summed E-state index contributed by atoms with van der Waals surface area (Å²) in [6.07, 6.45) is 0.710. The second kappa shape index (κ2) is 5.33. The summed E-state index contributed by atoms with van der Waals surface area (Å²) in [4.78, 5) is 14.7. The van der Waals surface area contributed by atoms with Crippen molar-refractivity contribution in [2.24, 2.45) is 0 Å². The molecule has 0 unspecified atom stereocenters. The number of benzene rings is 1. The fraction of sp³-hybridized carbons (Fsp3) is 0.500. The zero-order valence-electron chi connectivity index (χ0n) is 10.8. The molecule has 0 spiro atoms. The van der Waals surface area contributed by atoms with E-state index in [1.54, 1.807) is 16.7 Å². The molecule has 1 aliphatic rings. The van der Waals surface area contributed by atoms with Crippen molar-refractivity contribution in [2.75, 3.05) is 18.8 Å². The third kappa shape index (κ3) is 3.06. The van der Waals surface area contributed by atoms with Gasteiger partial charge in [0.05, 0.1) is 24.4 Å². The van der Waals surface area contributed by atoms with Crippen molar-refractivity contribution < 1.29 is 9.90 Å². The number of thioether (sulfide) groups is 1. The Hall–Kier alpha value is -1.00. The Balaban J connectivity index is 1.78. The number of carbonyl (C=O) groups is 1. The standard InChI is InChI=1S/C14H19NO2S/c1-3-14(17)9-15(10-14)13(16)8-18-12-6-4-11(2)5-7-12/h4-7,17H,3,8-10H2,1-2H3. The molecule has 1 aromatic carbocycles. The van der Waals surface area contributed by atoms with E-state index in [1.807, 2.05) is 38.1 Å². The van der Waals surface area contributed by atoms with Gasteiger partial charge in [-0.25, -0.2) is 0 Å². The molecule has 0 aliphatic carbocycles. The first-order chi connectivity index (χ1) is 8.52. The van der Waals surface area contributed by atoms with Gasteiger partial charge in [-0.1, -0.05) is 24.6 Å². The topological polar surface area (TPSA) is 40.5 Å². The molecule has 0 atom stereocenters. The maximum atomic E-state index is 11.9. The number of hydrogen-bond donors (Lipinski definition) is 1. The second-order valence-electron chi connectivity index (χ2n) is 4.93. The normalized spacial score (nSPS) is 17.4. The van der Waals surface area contributed by atoms with Gasteiger partial charge >= 0.3 is 0 Å². The summed E-state index contributed by atoms with van der Waals surface area (Å²) < 4.78 is 0. The highest BCUT2D eigenvalue weighted by Gasteiger charge is 2.41. The summed E-state index contributed by atoms with van der Waals surface area (Å²) in [5, 5.41) is 9.85. The van der Waals surface area contributed by atoms with E-state index >= 15 is 0 Å². The average Bonchev–Trinajstić information content (AvgIpc) is 2.34. The van der Waals surface area contributed by atoms with Crippen LogP contribution in [0, 0.1) is 6.92 Å². The van der Waals surface area contributed by atoms with Crippen LogP contribution in [0.1, 0.15) is 18.9 Å². The third-order valence-corrected chi connectivity index (χ3v) is 4.36. The lowest BCUT2D eigenvalue weighted by Gasteiger charge is -2.46. The second-order valence-corrected chi connectivity index (χ2v) is 5.98. The van der Waals surface area contributed by atoms with Crippen molar-refractivity contribution in [3.05, 3.63) is 29.8 Å². The van der Waals surface area contributed by atoms with Gasteiger partial charge in [-0.2, -0.15) is 0 Å². The fourth-order valence-electron chi connectivity index (χ4n) is 1.94. The van der Waals surface area contributed by atoms with Crippen molar-refractivity contribution in [3.63, 3.8) is 0 Å². The first-order valence-corrected chi connectivity index (χ1v) is 7.20. The molecule has 3 nitrogen and oxygen atoms in total. The molecule has 1 N–H and O–H groups in total. The first-order valence-electron chi connectivity index (χ1n) is 6.22. The summed E-state index contributed by atoms with van der Waals surface area (Å²) in [6.45, 7) is 4.96. The highest BCUT2D eigenvalue weighted by molar-refractivity contribution is 8.00. The van der Waals surface area contributed by atoms with E-state index in [-0.39, 0.29) is 5.91 Å². The maximum absolute atomic E-state index is 11.9. The molecule has 98 valence electrons. The summed E-state index contributed by atoms with van der Waals surface area (Å²) in [5.74, 6) is 0.557. The van der Waals surface area contributed by atoms with E-state index in [0.717, 1.165) is 4.90 Å². The van der Waals surface area contributed by atoms with Crippen molar-refractivity contribution in [1.29, 1.82) is 0 Å². The molecule has 1 aliphatic heterocycles. The molecule has 0 aromatic heterocycles. The van der Waals surface area contributed by atoms with Crippen LogP contribution in [0.15, 0.2) is 29.2 Å². The van der Waals surface area contributed by atoms with Gasteiger partial charge in [0, 0.05) is 4.90 Å². The van der Waals surface area contributed by atoms with Gasteiger partial charge in [-0.05, 0) is 25.5 Å². The van der Waals surface area contributed by atoms with E-state index in [1.165, 1.54) is 5.56 Å². The monoisotopic (exact) mass is 265 g/mol. The lowest BCUT2D eigenvalue weighted by Crippen LogP contribution is -2.63. The van der Waals surface area contributed by atoms with Crippen LogP contribution in [0.4, 0.5) is 0 Å². The number of aliphatic hydroxyl groups is 1. The van der Waals surface area contributed by atoms with Gasteiger partial charge in [-0.15, -0.1) is 11.8 Å². The van der Waals surface area contributed by atoms with E-state index < -0.39 is 5.60 Å². The Morgan fingerprint density at radius 2 is 2.00 bits per heavy atom. The van der Waals surface area contributed by atoms with E-state index in [2.05, 4.69) is 0 Å². The predicted octanol–water partition coefficient (Wildman–Crippen LogP) is 2.07. The van der Waals surface area contributed by atoms with Gasteiger partial charge in [-0.3, -0.25) is 4.79 Å².